The summed E-state index contributed by atoms with van der Waals surface area (Å²) in [6.07, 6.45) is 1.56. The summed E-state index contributed by atoms with van der Waals surface area (Å²) >= 11 is 0. The highest BCUT2D eigenvalue weighted by atomic mass is 16.6. The number of carbonyl (C=O) groups is 2. The van der Waals surface area contributed by atoms with Crippen LogP contribution in [0.5, 0.6) is 5.75 Å². The van der Waals surface area contributed by atoms with Crippen LogP contribution in [0.25, 0.3) is 0 Å². The monoisotopic (exact) mass is 306 g/mol. The SMILES string of the molecule is CCOC(=O)C(C(=O)OCC)[C@@H]1CCc2ccc(OC)cc21. The van der Waals surface area contributed by atoms with Crippen molar-refractivity contribution >= 4 is 11.9 Å². The Morgan fingerprint density at radius 1 is 1.18 bits per heavy atom. The minimum Gasteiger partial charge on any atom is -0.497 e. The Balaban J connectivity index is 2.34. The molecule has 1 aromatic rings. The van der Waals surface area contributed by atoms with Crippen molar-refractivity contribution in [2.24, 2.45) is 5.92 Å². The number of methoxy groups -OCH3 is 1. The Labute approximate surface area is 130 Å². The van der Waals surface area contributed by atoms with Gasteiger partial charge in [-0.2, -0.15) is 0 Å². The summed E-state index contributed by atoms with van der Waals surface area (Å²) in [7, 11) is 1.60. The molecule has 0 N–H and O–H groups in total. The van der Waals surface area contributed by atoms with Gasteiger partial charge in [0.05, 0.1) is 20.3 Å². The smallest absolute Gasteiger partial charge is 0.320 e. The van der Waals surface area contributed by atoms with Crippen LogP contribution in [-0.4, -0.2) is 32.3 Å². The molecule has 5 heteroatoms. The Bertz CT molecular complexity index is 534. The van der Waals surface area contributed by atoms with E-state index in [1.54, 1.807) is 21.0 Å². The highest BCUT2D eigenvalue weighted by molar-refractivity contribution is 5.96. The molecule has 0 unspecified atom stereocenters. The van der Waals surface area contributed by atoms with Crippen LogP contribution in [0.15, 0.2) is 18.2 Å². The van der Waals surface area contributed by atoms with Gasteiger partial charge < -0.3 is 14.2 Å². The molecule has 1 aromatic carbocycles. The first kappa shape index (κ1) is 16.3. The molecule has 0 aromatic heterocycles. The second-order valence-electron chi connectivity index (χ2n) is 5.19. The summed E-state index contributed by atoms with van der Waals surface area (Å²) in [5.41, 5.74) is 2.12. The molecular formula is C17H22O5. The van der Waals surface area contributed by atoms with Crippen molar-refractivity contribution in [3.63, 3.8) is 0 Å². The number of carbonyl (C=O) groups excluding carboxylic acids is 2. The molecule has 1 atom stereocenters. The second-order valence-corrected chi connectivity index (χ2v) is 5.19. The predicted octanol–water partition coefficient (Wildman–Crippen LogP) is 2.47. The molecule has 0 amide bonds. The van der Waals surface area contributed by atoms with Crippen LogP contribution in [0, 0.1) is 5.92 Å². The number of benzene rings is 1. The van der Waals surface area contributed by atoms with E-state index in [4.69, 9.17) is 14.2 Å². The quantitative estimate of drug-likeness (QED) is 0.597. The number of aryl methyl sites for hydroxylation is 1. The molecule has 1 aliphatic rings. The van der Waals surface area contributed by atoms with Gasteiger partial charge in [-0.1, -0.05) is 6.07 Å². The van der Waals surface area contributed by atoms with E-state index in [0.29, 0.717) is 0 Å². The lowest BCUT2D eigenvalue weighted by Crippen LogP contribution is -2.32. The van der Waals surface area contributed by atoms with E-state index in [1.807, 2.05) is 18.2 Å². The van der Waals surface area contributed by atoms with Crippen molar-refractivity contribution < 1.29 is 23.8 Å². The standard InChI is InChI=1S/C17H22O5/c1-4-21-16(18)15(17(19)22-5-2)13-9-7-11-6-8-12(20-3)10-14(11)13/h6,8,10,13,15H,4-5,7,9H2,1-3H3/t13-/m1/s1. The normalized spacial score (nSPS) is 16.3. The fourth-order valence-electron chi connectivity index (χ4n) is 2.97. The average Bonchev–Trinajstić information content (AvgIpc) is 2.91. The fraction of sp³-hybridized carbons (Fsp3) is 0.529. The molecule has 0 heterocycles. The van der Waals surface area contributed by atoms with Gasteiger partial charge in [0.25, 0.3) is 0 Å². The number of esters is 2. The van der Waals surface area contributed by atoms with Crippen molar-refractivity contribution in [1.82, 2.24) is 0 Å². The van der Waals surface area contributed by atoms with Gasteiger partial charge in [-0.25, -0.2) is 0 Å². The Morgan fingerprint density at radius 2 is 1.82 bits per heavy atom. The second kappa shape index (κ2) is 7.29. The maximum atomic E-state index is 12.3. The number of hydrogen-bond donors (Lipinski definition) is 0. The zero-order chi connectivity index (χ0) is 16.1. The van der Waals surface area contributed by atoms with Gasteiger partial charge in [0.1, 0.15) is 5.75 Å². The first-order chi connectivity index (χ1) is 10.6. The summed E-state index contributed by atoms with van der Waals surface area (Å²) < 4.78 is 15.4. The molecular weight excluding hydrogens is 284 g/mol. The number of fused-ring (bicyclic) bond motifs is 1. The third-order valence-corrected chi connectivity index (χ3v) is 3.96. The van der Waals surface area contributed by atoms with Crippen molar-refractivity contribution in [2.45, 2.75) is 32.6 Å². The predicted molar refractivity (Wildman–Crippen MR) is 80.8 cm³/mol. The molecule has 120 valence electrons. The van der Waals surface area contributed by atoms with Crippen LogP contribution in [0.1, 0.15) is 37.3 Å². The summed E-state index contributed by atoms with van der Waals surface area (Å²) in [5, 5.41) is 0. The number of rotatable bonds is 6. The Kier molecular flexibility index (Phi) is 5.41. The van der Waals surface area contributed by atoms with E-state index >= 15 is 0 Å². The van der Waals surface area contributed by atoms with E-state index in [1.165, 1.54) is 0 Å². The third-order valence-electron chi connectivity index (χ3n) is 3.96. The number of hydrogen-bond acceptors (Lipinski definition) is 5. The molecule has 0 saturated heterocycles. The van der Waals surface area contributed by atoms with Gasteiger partial charge in [-0.3, -0.25) is 9.59 Å². The first-order valence-electron chi connectivity index (χ1n) is 7.62. The molecule has 0 aliphatic heterocycles. The van der Waals surface area contributed by atoms with Crippen molar-refractivity contribution in [3.8, 4) is 5.75 Å². The Morgan fingerprint density at radius 3 is 2.36 bits per heavy atom. The molecule has 22 heavy (non-hydrogen) atoms. The molecule has 2 rings (SSSR count). The lowest BCUT2D eigenvalue weighted by molar-refractivity contribution is -0.162. The van der Waals surface area contributed by atoms with Gasteiger partial charge in [0.15, 0.2) is 5.92 Å². The number of ether oxygens (including phenoxy) is 3. The molecule has 0 fully saturated rings. The zero-order valence-corrected chi connectivity index (χ0v) is 13.3. The van der Waals surface area contributed by atoms with E-state index in [0.717, 1.165) is 29.7 Å². The largest absolute Gasteiger partial charge is 0.497 e. The maximum Gasteiger partial charge on any atom is 0.320 e. The molecule has 5 nitrogen and oxygen atoms in total. The summed E-state index contributed by atoms with van der Waals surface area (Å²) in [6.45, 7) is 3.94. The lowest BCUT2D eigenvalue weighted by atomic mass is 9.87. The van der Waals surface area contributed by atoms with Gasteiger partial charge >= 0.3 is 11.9 Å². The topological polar surface area (TPSA) is 61.8 Å². The molecule has 1 aliphatic carbocycles. The van der Waals surface area contributed by atoms with Crippen molar-refractivity contribution in [1.29, 1.82) is 0 Å². The molecule has 0 saturated carbocycles. The van der Waals surface area contributed by atoms with E-state index in [-0.39, 0.29) is 19.1 Å². The van der Waals surface area contributed by atoms with Crippen molar-refractivity contribution in [2.75, 3.05) is 20.3 Å². The minimum absolute atomic E-state index is 0.219. The van der Waals surface area contributed by atoms with Gasteiger partial charge in [-0.15, -0.1) is 0 Å². The fourth-order valence-corrected chi connectivity index (χ4v) is 2.97. The first-order valence-corrected chi connectivity index (χ1v) is 7.62. The third kappa shape index (κ3) is 3.24. The van der Waals surface area contributed by atoms with Crippen LogP contribution in [0.2, 0.25) is 0 Å². The lowest BCUT2D eigenvalue weighted by Gasteiger charge is -2.21. The summed E-state index contributed by atoms with van der Waals surface area (Å²) in [5.74, 6) is -1.43. The van der Waals surface area contributed by atoms with Crippen molar-refractivity contribution in [3.05, 3.63) is 29.3 Å². The molecule has 0 spiro atoms. The summed E-state index contributed by atoms with van der Waals surface area (Å²) in [4.78, 5) is 24.5. The van der Waals surface area contributed by atoms with Crippen LogP contribution < -0.4 is 4.74 Å². The van der Waals surface area contributed by atoms with Crippen LogP contribution >= 0.6 is 0 Å². The molecule has 0 bridgehead atoms. The highest BCUT2D eigenvalue weighted by Gasteiger charge is 2.41. The van der Waals surface area contributed by atoms with Crippen LogP contribution in [-0.2, 0) is 25.5 Å². The maximum absolute atomic E-state index is 12.3. The van der Waals surface area contributed by atoms with Gasteiger partial charge in [0.2, 0.25) is 0 Å². The minimum atomic E-state index is -0.909. The van der Waals surface area contributed by atoms with Gasteiger partial charge in [0, 0.05) is 5.92 Å². The van der Waals surface area contributed by atoms with E-state index < -0.39 is 17.9 Å². The van der Waals surface area contributed by atoms with Gasteiger partial charge in [-0.05, 0) is 49.9 Å². The van der Waals surface area contributed by atoms with Crippen LogP contribution in [0.3, 0.4) is 0 Å². The zero-order valence-electron chi connectivity index (χ0n) is 13.3. The summed E-state index contributed by atoms with van der Waals surface area (Å²) in [6, 6.07) is 5.78. The van der Waals surface area contributed by atoms with E-state index in [9.17, 15) is 9.59 Å². The Hall–Kier alpha value is -2.04. The molecule has 0 radical (unpaired) electrons. The highest BCUT2D eigenvalue weighted by Crippen LogP contribution is 2.41. The van der Waals surface area contributed by atoms with E-state index in [2.05, 4.69) is 0 Å². The average molecular weight is 306 g/mol. The van der Waals surface area contributed by atoms with Crippen LogP contribution in [0.4, 0.5) is 0 Å².